The fourth-order valence-electron chi connectivity index (χ4n) is 4.20. The van der Waals surface area contributed by atoms with E-state index < -0.39 is 0 Å². The van der Waals surface area contributed by atoms with Gasteiger partial charge in [-0.3, -0.25) is 9.59 Å². The molecule has 0 radical (unpaired) electrons. The van der Waals surface area contributed by atoms with Gasteiger partial charge in [0.25, 0.3) is 0 Å². The number of amides is 2. The Morgan fingerprint density at radius 1 is 1.12 bits per heavy atom. The van der Waals surface area contributed by atoms with Crippen LogP contribution in [0.25, 0.3) is 11.3 Å². The summed E-state index contributed by atoms with van der Waals surface area (Å²) < 4.78 is 5.29. The number of hydrogen-bond donors (Lipinski definition) is 0. The van der Waals surface area contributed by atoms with Crippen molar-refractivity contribution in [3.05, 3.63) is 36.4 Å². The molecule has 0 bridgehead atoms. The molecule has 182 valence electrons. The monoisotopic (exact) mass is 465 g/mol. The van der Waals surface area contributed by atoms with E-state index in [2.05, 4.69) is 28.9 Å². The second-order valence-corrected chi connectivity index (χ2v) is 9.38. The van der Waals surface area contributed by atoms with Gasteiger partial charge >= 0.3 is 0 Å². The summed E-state index contributed by atoms with van der Waals surface area (Å²) >= 11 is 0. The first-order valence-electron chi connectivity index (χ1n) is 12.3. The smallest absolute Gasteiger partial charge is 0.242 e. The molecule has 2 aliphatic rings. The molecule has 34 heavy (non-hydrogen) atoms. The summed E-state index contributed by atoms with van der Waals surface area (Å²) in [4.78, 5) is 31.5. The topological polar surface area (TPSA) is 78.9 Å². The number of anilines is 1. The maximum Gasteiger partial charge on any atom is 0.242 e. The van der Waals surface area contributed by atoms with Crippen molar-refractivity contribution in [1.82, 2.24) is 20.0 Å². The highest BCUT2D eigenvalue weighted by Gasteiger charge is 2.35. The molecule has 2 fully saturated rings. The Balaban J connectivity index is 1.32. The normalized spacial score (nSPS) is 16.8. The third kappa shape index (κ3) is 5.85. The second-order valence-electron chi connectivity index (χ2n) is 9.38. The van der Waals surface area contributed by atoms with Crippen LogP contribution < -0.4 is 9.64 Å². The predicted octanol–water partition coefficient (Wildman–Crippen LogP) is 3.09. The Morgan fingerprint density at radius 3 is 2.50 bits per heavy atom. The number of hydrogen-bond acceptors (Lipinski definition) is 6. The maximum absolute atomic E-state index is 13.0. The standard InChI is InChI=1S/C26H35N5O3/c1-4-19(2)17-31(26(33)20-8-9-20)18-25(32)30-14-12-29(13-15-30)24-11-10-23(27-28-24)21-6-5-7-22(16-21)34-3/h5-7,10-11,16,19-20H,4,8-9,12-15,17-18H2,1-3H3. The van der Waals surface area contributed by atoms with Gasteiger partial charge in [-0.15, -0.1) is 10.2 Å². The SMILES string of the molecule is CCC(C)CN(CC(=O)N1CCN(c2ccc(-c3cccc(OC)c3)nn2)CC1)C(=O)C1CC1. The van der Waals surface area contributed by atoms with Crippen LogP contribution in [0.3, 0.4) is 0 Å². The van der Waals surface area contributed by atoms with Gasteiger partial charge < -0.3 is 19.4 Å². The summed E-state index contributed by atoms with van der Waals surface area (Å²) in [5.41, 5.74) is 1.75. The molecule has 1 unspecified atom stereocenters. The number of piperazine rings is 1. The summed E-state index contributed by atoms with van der Waals surface area (Å²) in [5, 5.41) is 8.82. The fourth-order valence-corrected chi connectivity index (χ4v) is 4.20. The highest BCUT2D eigenvalue weighted by Crippen LogP contribution is 2.31. The van der Waals surface area contributed by atoms with Gasteiger partial charge in [0, 0.05) is 44.2 Å². The quantitative estimate of drug-likeness (QED) is 0.566. The third-order valence-corrected chi connectivity index (χ3v) is 6.77. The van der Waals surface area contributed by atoms with Crippen molar-refractivity contribution in [1.29, 1.82) is 0 Å². The summed E-state index contributed by atoms with van der Waals surface area (Å²) in [6, 6.07) is 11.7. The van der Waals surface area contributed by atoms with E-state index >= 15 is 0 Å². The molecular weight excluding hydrogens is 430 g/mol. The lowest BCUT2D eigenvalue weighted by molar-refractivity contribution is -0.142. The molecule has 1 saturated carbocycles. The lowest BCUT2D eigenvalue weighted by Gasteiger charge is -2.36. The Labute approximate surface area is 201 Å². The third-order valence-electron chi connectivity index (χ3n) is 6.77. The van der Waals surface area contributed by atoms with E-state index in [1.54, 1.807) is 12.0 Å². The van der Waals surface area contributed by atoms with Crippen LogP contribution in [-0.2, 0) is 9.59 Å². The van der Waals surface area contributed by atoms with Gasteiger partial charge in [0.15, 0.2) is 5.82 Å². The molecular formula is C26H35N5O3. The molecule has 0 N–H and O–H groups in total. The van der Waals surface area contributed by atoms with Gasteiger partial charge in [0.05, 0.1) is 19.3 Å². The van der Waals surface area contributed by atoms with E-state index in [4.69, 9.17) is 4.74 Å². The van der Waals surface area contributed by atoms with Gasteiger partial charge in [-0.05, 0) is 43.0 Å². The lowest BCUT2D eigenvalue weighted by atomic mass is 10.1. The zero-order valence-corrected chi connectivity index (χ0v) is 20.4. The molecule has 2 heterocycles. The number of ether oxygens (including phenoxy) is 1. The highest BCUT2D eigenvalue weighted by atomic mass is 16.5. The Bertz CT molecular complexity index is 984. The molecule has 8 nitrogen and oxygen atoms in total. The Hall–Kier alpha value is -3.16. The summed E-state index contributed by atoms with van der Waals surface area (Å²) in [6.45, 7) is 7.73. The predicted molar refractivity (Wildman–Crippen MR) is 132 cm³/mol. The molecule has 1 saturated heterocycles. The second kappa shape index (κ2) is 10.8. The molecule has 8 heteroatoms. The van der Waals surface area contributed by atoms with Crippen LogP contribution in [0.4, 0.5) is 5.82 Å². The molecule has 1 aromatic carbocycles. The van der Waals surface area contributed by atoms with Gasteiger partial charge in [0.2, 0.25) is 11.8 Å². The number of aromatic nitrogens is 2. The van der Waals surface area contributed by atoms with E-state index in [1.165, 1.54) is 0 Å². The summed E-state index contributed by atoms with van der Waals surface area (Å²) in [6.07, 6.45) is 2.92. The van der Waals surface area contributed by atoms with Crippen molar-refractivity contribution < 1.29 is 14.3 Å². The molecule has 1 atom stereocenters. The maximum atomic E-state index is 13.0. The van der Waals surface area contributed by atoms with Crippen LogP contribution in [0, 0.1) is 11.8 Å². The highest BCUT2D eigenvalue weighted by molar-refractivity contribution is 5.87. The van der Waals surface area contributed by atoms with E-state index in [9.17, 15) is 9.59 Å². The molecule has 1 aromatic heterocycles. The van der Waals surface area contributed by atoms with Crippen molar-refractivity contribution in [2.75, 3.05) is 51.3 Å². The zero-order chi connectivity index (χ0) is 24.1. The molecule has 4 rings (SSSR count). The van der Waals surface area contributed by atoms with Crippen LogP contribution in [-0.4, -0.2) is 78.2 Å². The van der Waals surface area contributed by atoms with Crippen molar-refractivity contribution in [2.24, 2.45) is 11.8 Å². The number of carbonyl (C=O) groups is 2. The largest absolute Gasteiger partial charge is 0.497 e. The number of carbonyl (C=O) groups excluding carboxylic acids is 2. The van der Waals surface area contributed by atoms with Crippen molar-refractivity contribution in [3.63, 3.8) is 0 Å². The number of benzene rings is 1. The Kier molecular flexibility index (Phi) is 7.65. The van der Waals surface area contributed by atoms with Crippen molar-refractivity contribution in [2.45, 2.75) is 33.1 Å². The van der Waals surface area contributed by atoms with Gasteiger partial charge in [-0.25, -0.2) is 0 Å². The first kappa shape index (κ1) is 24.0. The van der Waals surface area contributed by atoms with Crippen LogP contribution >= 0.6 is 0 Å². The number of rotatable bonds is 9. The fraction of sp³-hybridized carbons (Fsp3) is 0.538. The van der Waals surface area contributed by atoms with Crippen molar-refractivity contribution in [3.8, 4) is 17.0 Å². The van der Waals surface area contributed by atoms with Gasteiger partial charge in [-0.2, -0.15) is 0 Å². The van der Waals surface area contributed by atoms with Crippen LogP contribution in [0.15, 0.2) is 36.4 Å². The molecule has 1 aliphatic carbocycles. The molecule has 2 amide bonds. The average Bonchev–Trinajstić information content (AvgIpc) is 3.73. The first-order valence-corrected chi connectivity index (χ1v) is 12.3. The van der Waals surface area contributed by atoms with Crippen molar-refractivity contribution >= 4 is 17.6 Å². The minimum atomic E-state index is 0.0383. The van der Waals surface area contributed by atoms with Crippen LogP contribution in [0.5, 0.6) is 5.75 Å². The van der Waals surface area contributed by atoms with Gasteiger partial charge in [0.1, 0.15) is 5.75 Å². The number of nitrogens with zero attached hydrogens (tertiary/aromatic N) is 5. The summed E-state index contributed by atoms with van der Waals surface area (Å²) in [7, 11) is 1.65. The molecule has 2 aromatic rings. The lowest BCUT2D eigenvalue weighted by Crippen LogP contribution is -2.52. The van der Waals surface area contributed by atoms with E-state index in [0.29, 0.717) is 38.6 Å². The summed E-state index contributed by atoms with van der Waals surface area (Å²) in [5.74, 6) is 2.31. The molecule has 1 aliphatic heterocycles. The van der Waals surface area contributed by atoms with E-state index in [1.807, 2.05) is 41.3 Å². The minimum absolute atomic E-state index is 0.0383. The average molecular weight is 466 g/mol. The van der Waals surface area contributed by atoms with Crippen LogP contribution in [0.1, 0.15) is 33.1 Å². The number of methoxy groups -OCH3 is 1. The van der Waals surface area contributed by atoms with E-state index in [-0.39, 0.29) is 24.3 Å². The minimum Gasteiger partial charge on any atom is -0.497 e. The first-order chi connectivity index (χ1) is 16.5. The van der Waals surface area contributed by atoms with E-state index in [0.717, 1.165) is 42.1 Å². The van der Waals surface area contributed by atoms with Gasteiger partial charge in [-0.1, -0.05) is 32.4 Å². The molecule has 0 spiro atoms. The van der Waals surface area contributed by atoms with Crippen LogP contribution in [0.2, 0.25) is 0 Å². The Morgan fingerprint density at radius 2 is 1.88 bits per heavy atom. The zero-order valence-electron chi connectivity index (χ0n) is 20.4.